The van der Waals surface area contributed by atoms with Crippen LogP contribution in [0.4, 0.5) is 0 Å². The van der Waals surface area contributed by atoms with E-state index in [0.29, 0.717) is 36.7 Å². The molecule has 0 bridgehead atoms. The Bertz CT molecular complexity index is 2390. The number of carbonyl (C=O) groups excluding carboxylic acids is 5. The highest BCUT2D eigenvalue weighted by atomic mass is 32.2. The summed E-state index contributed by atoms with van der Waals surface area (Å²) in [5, 5.41) is 9.69. The summed E-state index contributed by atoms with van der Waals surface area (Å²) in [7, 11) is 0. The third-order valence-electron chi connectivity index (χ3n) is 20.3. The molecule has 7 aliphatic carbocycles. The number of thioether (sulfide) groups is 1. The summed E-state index contributed by atoms with van der Waals surface area (Å²) < 4.78 is 31.8. The molecular formula is C58H77NO11S. The fraction of sp³-hybridized carbons (Fsp3) is 0.741. The van der Waals surface area contributed by atoms with Crippen molar-refractivity contribution in [3.05, 3.63) is 58.7 Å². The highest BCUT2D eigenvalue weighted by molar-refractivity contribution is 8.01. The van der Waals surface area contributed by atoms with Gasteiger partial charge in [-0.25, -0.2) is 4.79 Å². The molecular weight excluding hydrogens is 919 g/mol. The van der Waals surface area contributed by atoms with Gasteiger partial charge in [0.05, 0.1) is 29.3 Å². The van der Waals surface area contributed by atoms with E-state index < -0.39 is 28.7 Å². The Balaban J connectivity index is 0.662. The van der Waals surface area contributed by atoms with Crippen molar-refractivity contribution >= 4 is 41.5 Å². The monoisotopic (exact) mass is 996 g/mol. The molecule has 2 amide bonds. The van der Waals surface area contributed by atoms with Crippen LogP contribution in [-0.2, 0) is 47.7 Å². The van der Waals surface area contributed by atoms with E-state index >= 15 is 0 Å². The first-order valence-electron chi connectivity index (χ1n) is 27.4. The molecule has 1 N–H and O–H groups in total. The molecule has 2 spiro atoms. The number of imide groups is 1. The van der Waals surface area contributed by atoms with Gasteiger partial charge in [-0.15, -0.1) is 11.8 Å². The second-order valence-electron chi connectivity index (χ2n) is 25.1. The first-order chi connectivity index (χ1) is 33.8. The molecule has 386 valence electrons. The SMILES string of the molecule is C=C1/C(=C\C=C2/CCC[C@@]3(C)C2CCC3[C@@H](C)/C=C/C(OC(=O)CSC2CC(=O)N(CCCC(=O)O[C@@H]3[C@H](C(C)(C)C)C[C@@H]4O[C@]45[C@]34O[C@H]4C[C@H]3C4=C(CC[C@@]35C)C(=O)OC4)C2=O)C2CC2)CCC[C@@H]1O. The molecule has 0 radical (unpaired) electrons. The minimum absolute atomic E-state index is 0.00604. The van der Waals surface area contributed by atoms with E-state index in [4.69, 9.17) is 23.7 Å². The second-order valence-corrected chi connectivity index (χ2v) is 26.3. The number of epoxide rings is 2. The zero-order valence-electron chi connectivity index (χ0n) is 43.0. The molecule has 4 unspecified atom stereocenters. The normalized spacial score (nSPS) is 42.3. The summed E-state index contributed by atoms with van der Waals surface area (Å²) in [6, 6.07) is 0. The number of amides is 2. The minimum Gasteiger partial charge on any atom is -0.459 e. The Hall–Kier alpha value is -3.52. The van der Waals surface area contributed by atoms with Crippen LogP contribution in [0.25, 0.3) is 0 Å². The maximum absolute atomic E-state index is 13.9. The largest absolute Gasteiger partial charge is 0.459 e. The van der Waals surface area contributed by atoms with Crippen LogP contribution in [0.5, 0.6) is 0 Å². The highest BCUT2D eigenvalue weighted by Gasteiger charge is 2.94. The quantitative estimate of drug-likeness (QED) is 0.0579. The smallest absolute Gasteiger partial charge is 0.334 e. The van der Waals surface area contributed by atoms with E-state index in [0.717, 1.165) is 74.5 Å². The van der Waals surface area contributed by atoms with Crippen LogP contribution in [0, 0.1) is 51.8 Å². The van der Waals surface area contributed by atoms with Crippen LogP contribution in [0.3, 0.4) is 0 Å². The fourth-order valence-corrected chi connectivity index (χ4v) is 17.2. The van der Waals surface area contributed by atoms with Crippen molar-refractivity contribution < 1.29 is 52.8 Å². The van der Waals surface area contributed by atoms with Crippen molar-refractivity contribution in [2.75, 3.05) is 18.9 Å². The zero-order valence-corrected chi connectivity index (χ0v) is 43.8. The number of aliphatic hydroxyl groups is 1. The van der Waals surface area contributed by atoms with Gasteiger partial charge >= 0.3 is 17.9 Å². The maximum Gasteiger partial charge on any atom is 0.334 e. The molecule has 11 aliphatic rings. The van der Waals surface area contributed by atoms with Gasteiger partial charge in [-0.3, -0.25) is 24.1 Å². The molecule has 13 heteroatoms. The molecule has 12 nitrogen and oxygen atoms in total. The number of hydrogen-bond donors (Lipinski definition) is 1. The first kappa shape index (κ1) is 49.7. The van der Waals surface area contributed by atoms with Crippen molar-refractivity contribution in [3.63, 3.8) is 0 Å². The summed E-state index contributed by atoms with van der Waals surface area (Å²) >= 11 is 1.17. The average molecular weight is 996 g/mol. The number of ether oxygens (including phenoxy) is 5. The second kappa shape index (κ2) is 18.1. The minimum atomic E-state index is -0.761. The third-order valence-corrected chi connectivity index (χ3v) is 21.5. The summed E-state index contributed by atoms with van der Waals surface area (Å²) in [6.45, 7) is 18.2. The predicted molar refractivity (Wildman–Crippen MR) is 267 cm³/mol. The van der Waals surface area contributed by atoms with Gasteiger partial charge in [-0.2, -0.15) is 0 Å². The van der Waals surface area contributed by atoms with Crippen LogP contribution in [-0.4, -0.2) is 106 Å². The molecule has 9 fully saturated rings. The summed E-state index contributed by atoms with van der Waals surface area (Å²) in [5.74, 6) is 0.198. The van der Waals surface area contributed by atoms with Crippen LogP contribution >= 0.6 is 11.8 Å². The molecule has 0 aromatic carbocycles. The molecule has 6 saturated carbocycles. The number of rotatable bonds is 14. The zero-order chi connectivity index (χ0) is 50.0. The van der Waals surface area contributed by atoms with Crippen molar-refractivity contribution in [1.82, 2.24) is 4.90 Å². The highest BCUT2D eigenvalue weighted by Crippen LogP contribution is 2.80. The number of fused-ring (bicyclic) bond motifs is 3. The lowest BCUT2D eigenvalue weighted by Gasteiger charge is -2.55. The van der Waals surface area contributed by atoms with Gasteiger partial charge in [0, 0.05) is 36.3 Å². The summed E-state index contributed by atoms with van der Waals surface area (Å²) in [4.78, 5) is 67.9. The van der Waals surface area contributed by atoms with Gasteiger partial charge in [-0.1, -0.05) is 71.9 Å². The predicted octanol–water partition coefficient (Wildman–Crippen LogP) is 9.24. The molecule has 15 atom stereocenters. The Labute approximate surface area is 424 Å². The number of aliphatic hydroxyl groups excluding tert-OH is 1. The number of cyclic esters (lactones) is 1. The van der Waals surface area contributed by atoms with Crippen LogP contribution in [0.2, 0.25) is 0 Å². The van der Waals surface area contributed by atoms with E-state index in [1.165, 1.54) is 53.5 Å². The van der Waals surface area contributed by atoms with Gasteiger partial charge in [0.25, 0.3) is 0 Å². The standard InChI is InChI=1S/C58H77NO11S/c1-32(39-20-21-40-35(12-9-24-55(39,40)6)17-16-34-11-8-13-43(60)33(34)2)15-22-44(36-18-19-36)67-50(63)31-71-45-29-48(61)59(52(45)64)26-10-14-49(62)68-51-42(54(3,4)5)28-47-58(70-47)56(7)25-23-37-38(30-66-53(37)65)41(56)27-46-57(51,58)69-46/h15-17,22,32,36,39-47,51,60H,2,8-14,18-21,23-31H2,1,3-7H3/b22-15+,34-16-,35-17+/t32-,39?,40?,41-,42+,43-,44?,45?,46-,47-,51+,55+,56-,57+,58+/m0/s1. The maximum atomic E-state index is 13.9. The van der Waals surface area contributed by atoms with E-state index in [9.17, 15) is 29.1 Å². The van der Waals surface area contributed by atoms with Crippen molar-refractivity contribution in [2.45, 2.75) is 198 Å². The summed E-state index contributed by atoms with van der Waals surface area (Å²) in [5.41, 5.74) is 3.86. The molecule has 3 saturated heterocycles. The van der Waals surface area contributed by atoms with Crippen LogP contribution in [0.1, 0.15) is 151 Å². The van der Waals surface area contributed by atoms with Gasteiger partial charge in [-0.05, 0) is 160 Å². The number of carbonyl (C=O) groups is 5. The van der Waals surface area contributed by atoms with E-state index in [1.807, 2.05) is 0 Å². The van der Waals surface area contributed by atoms with Crippen molar-refractivity contribution in [2.24, 2.45) is 51.8 Å². The molecule has 4 aliphatic heterocycles. The lowest BCUT2D eigenvalue weighted by atomic mass is 9.46. The van der Waals surface area contributed by atoms with Gasteiger partial charge < -0.3 is 28.8 Å². The average Bonchev–Trinajstić information content (AvgIpc) is 4.28. The van der Waals surface area contributed by atoms with Crippen LogP contribution < -0.4 is 0 Å². The van der Waals surface area contributed by atoms with E-state index in [-0.39, 0.29) is 108 Å². The van der Waals surface area contributed by atoms with Crippen molar-refractivity contribution in [1.29, 1.82) is 0 Å². The Kier molecular flexibility index (Phi) is 12.7. The Morgan fingerprint density at radius 3 is 2.52 bits per heavy atom. The number of likely N-dealkylation sites (tertiary alicyclic amines) is 1. The molecule has 11 rings (SSSR count). The molecule has 71 heavy (non-hydrogen) atoms. The topological polar surface area (TPSA) is 162 Å². The first-order valence-corrected chi connectivity index (χ1v) is 28.4. The Morgan fingerprint density at radius 2 is 1.75 bits per heavy atom. The van der Waals surface area contributed by atoms with E-state index in [2.05, 4.69) is 72.4 Å². The van der Waals surface area contributed by atoms with Gasteiger partial charge in [0.1, 0.15) is 24.4 Å². The van der Waals surface area contributed by atoms with E-state index in [1.54, 1.807) is 0 Å². The Morgan fingerprint density at radius 1 is 0.944 bits per heavy atom. The number of esters is 3. The third kappa shape index (κ3) is 8.21. The fourth-order valence-electron chi connectivity index (χ4n) is 16.2. The molecule has 4 heterocycles. The van der Waals surface area contributed by atoms with Gasteiger partial charge in [0.2, 0.25) is 11.8 Å². The molecule has 0 aromatic rings. The lowest BCUT2D eigenvalue weighted by Crippen LogP contribution is -2.68. The number of hydrogen-bond acceptors (Lipinski definition) is 12. The van der Waals surface area contributed by atoms with Crippen molar-refractivity contribution in [3.8, 4) is 0 Å². The number of nitrogens with zero attached hydrogens (tertiary/aromatic N) is 1. The molecule has 0 aromatic heterocycles. The lowest BCUT2D eigenvalue weighted by molar-refractivity contribution is -0.172. The number of allylic oxidation sites excluding steroid dienone is 4. The van der Waals surface area contributed by atoms with Crippen LogP contribution in [0.15, 0.2) is 58.7 Å². The van der Waals surface area contributed by atoms with Gasteiger partial charge in [0.15, 0.2) is 5.60 Å². The summed E-state index contributed by atoms with van der Waals surface area (Å²) in [6.07, 6.45) is 21.4.